The lowest BCUT2D eigenvalue weighted by atomic mass is 9.98. The van der Waals surface area contributed by atoms with Crippen molar-refractivity contribution < 1.29 is 0 Å². The second-order valence-corrected chi connectivity index (χ2v) is 4.25. The van der Waals surface area contributed by atoms with Gasteiger partial charge in [0.1, 0.15) is 0 Å². The second kappa shape index (κ2) is 6.06. The predicted molar refractivity (Wildman–Crippen MR) is 61.2 cm³/mol. The molecule has 2 atom stereocenters. The maximum atomic E-state index is 5.18. The zero-order valence-corrected chi connectivity index (χ0v) is 9.42. The molecule has 1 aliphatic rings. The monoisotopic (exact) mass is 194 g/mol. The Bertz CT molecular complexity index is 185. The van der Waals surface area contributed by atoms with Gasteiger partial charge in [-0.25, -0.2) is 0 Å². The summed E-state index contributed by atoms with van der Waals surface area (Å²) in [5.74, 6) is 2.60. The van der Waals surface area contributed by atoms with E-state index in [-0.39, 0.29) is 0 Å². The maximum absolute atomic E-state index is 5.18. The fraction of sp³-hybridized carbons (Fsp3) is 0.833. The van der Waals surface area contributed by atoms with Crippen LogP contribution in [-0.4, -0.2) is 36.6 Å². The molecule has 0 aromatic carbocycles. The first-order valence-corrected chi connectivity index (χ1v) is 5.65. The Hall–Kier alpha value is -0.520. The van der Waals surface area contributed by atoms with Crippen LogP contribution in [0, 0.1) is 12.3 Å². The minimum Gasteiger partial charge on any atom is -0.305 e. The van der Waals surface area contributed by atoms with Crippen LogP contribution in [0.5, 0.6) is 0 Å². The van der Waals surface area contributed by atoms with Crippen LogP contribution in [0.3, 0.4) is 0 Å². The zero-order valence-electron chi connectivity index (χ0n) is 9.42. The molecule has 1 aliphatic heterocycles. The van der Waals surface area contributed by atoms with E-state index in [0.29, 0.717) is 6.54 Å². The Kier molecular flexibility index (Phi) is 5.00. The Morgan fingerprint density at radius 3 is 2.57 bits per heavy atom. The minimum absolute atomic E-state index is 0.691. The Morgan fingerprint density at radius 2 is 2.00 bits per heavy atom. The summed E-state index contributed by atoms with van der Waals surface area (Å²) in [4.78, 5) is 2.59. The molecule has 1 rings (SSSR count). The molecular formula is C12H22N2. The number of hydrogen-bond donors (Lipinski definition) is 1. The molecule has 0 aliphatic carbocycles. The van der Waals surface area contributed by atoms with Crippen molar-refractivity contribution in [1.82, 2.24) is 10.2 Å². The molecule has 0 aromatic heterocycles. The standard InChI is InChI=1S/C12H22N2/c1-4-8-13-9-10-14-11(2)6-5-7-12(14)3/h1,11-13H,5-10H2,2-3H3/t11-,12+. The molecule has 80 valence electrons. The lowest BCUT2D eigenvalue weighted by Crippen LogP contribution is -2.46. The normalized spacial score (nSPS) is 28.6. The molecule has 1 heterocycles. The van der Waals surface area contributed by atoms with Crippen molar-refractivity contribution in [1.29, 1.82) is 0 Å². The van der Waals surface area contributed by atoms with E-state index in [2.05, 4.69) is 30.0 Å². The molecule has 0 aromatic rings. The van der Waals surface area contributed by atoms with Crippen LogP contribution in [0.4, 0.5) is 0 Å². The average Bonchev–Trinajstić information content (AvgIpc) is 2.16. The van der Waals surface area contributed by atoms with E-state index in [0.717, 1.165) is 25.2 Å². The van der Waals surface area contributed by atoms with Gasteiger partial charge in [-0.1, -0.05) is 12.3 Å². The molecule has 0 saturated carbocycles. The summed E-state index contributed by atoms with van der Waals surface area (Å²) in [7, 11) is 0. The number of hydrogen-bond acceptors (Lipinski definition) is 2. The maximum Gasteiger partial charge on any atom is 0.0574 e. The van der Waals surface area contributed by atoms with Gasteiger partial charge in [-0.3, -0.25) is 4.90 Å². The van der Waals surface area contributed by atoms with Crippen molar-refractivity contribution in [3.05, 3.63) is 0 Å². The summed E-state index contributed by atoms with van der Waals surface area (Å²) >= 11 is 0. The smallest absolute Gasteiger partial charge is 0.0574 e. The highest BCUT2D eigenvalue weighted by molar-refractivity contribution is 4.87. The highest BCUT2D eigenvalue weighted by Gasteiger charge is 2.23. The van der Waals surface area contributed by atoms with Gasteiger partial charge >= 0.3 is 0 Å². The van der Waals surface area contributed by atoms with Crippen molar-refractivity contribution in [2.75, 3.05) is 19.6 Å². The third kappa shape index (κ3) is 3.32. The van der Waals surface area contributed by atoms with Gasteiger partial charge in [0.15, 0.2) is 0 Å². The van der Waals surface area contributed by atoms with E-state index in [9.17, 15) is 0 Å². The average molecular weight is 194 g/mol. The van der Waals surface area contributed by atoms with Gasteiger partial charge in [0.05, 0.1) is 6.54 Å². The van der Waals surface area contributed by atoms with E-state index in [4.69, 9.17) is 6.42 Å². The summed E-state index contributed by atoms with van der Waals surface area (Å²) in [6.07, 6.45) is 9.26. The highest BCUT2D eigenvalue weighted by atomic mass is 15.2. The van der Waals surface area contributed by atoms with Crippen LogP contribution in [0.25, 0.3) is 0 Å². The molecule has 0 bridgehead atoms. The van der Waals surface area contributed by atoms with Crippen molar-refractivity contribution in [2.45, 2.75) is 45.2 Å². The molecule has 1 fully saturated rings. The summed E-state index contributed by atoms with van der Waals surface area (Å²) in [5.41, 5.74) is 0. The van der Waals surface area contributed by atoms with Gasteiger partial charge < -0.3 is 5.32 Å². The number of nitrogens with zero attached hydrogens (tertiary/aromatic N) is 1. The van der Waals surface area contributed by atoms with E-state index in [1.807, 2.05) is 0 Å². The number of rotatable bonds is 4. The predicted octanol–water partition coefficient (Wildman–Crippen LogP) is 1.47. The van der Waals surface area contributed by atoms with Crippen molar-refractivity contribution >= 4 is 0 Å². The van der Waals surface area contributed by atoms with Crippen LogP contribution in [0.2, 0.25) is 0 Å². The van der Waals surface area contributed by atoms with Gasteiger partial charge in [0.2, 0.25) is 0 Å². The summed E-state index contributed by atoms with van der Waals surface area (Å²) in [6, 6.07) is 1.48. The largest absolute Gasteiger partial charge is 0.305 e. The van der Waals surface area contributed by atoms with Crippen LogP contribution in [-0.2, 0) is 0 Å². The zero-order chi connectivity index (χ0) is 10.4. The summed E-state index contributed by atoms with van der Waals surface area (Å²) in [5, 5.41) is 3.25. The SMILES string of the molecule is C#CCNCCN1[C@H](C)CCC[C@@H]1C. The van der Waals surface area contributed by atoms with Crippen molar-refractivity contribution in [2.24, 2.45) is 0 Å². The van der Waals surface area contributed by atoms with Crippen LogP contribution < -0.4 is 5.32 Å². The fourth-order valence-electron chi connectivity index (χ4n) is 2.28. The number of terminal acetylenes is 1. The van der Waals surface area contributed by atoms with Gasteiger partial charge in [-0.2, -0.15) is 0 Å². The first-order chi connectivity index (χ1) is 6.75. The molecule has 2 nitrogen and oxygen atoms in total. The number of likely N-dealkylation sites (tertiary alicyclic amines) is 1. The highest BCUT2D eigenvalue weighted by Crippen LogP contribution is 2.21. The first kappa shape index (κ1) is 11.6. The van der Waals surface area contributed by atoms with Crippen LogP contribution in [0.15, 0.2) is 0 Å². The molecule has 0 spiro atoms. The molecule has 1 saturated heterocycles. The molecule has 0 unspecified atom stereocenters. The number of piperidine rings is 1. The van der Waals surface area contributed by atoms with Gasteiger partial charge in [-0.05, 0) is 26.7 Å². The molecule has 1 N–H and O–H groups in total. The minimum atomic E-state index is 0.691. The van der Waals surface area contributed by atoms with Crippen LogP contribution in [0.1, 0.15) is 33.1 Å². The Morgan fingerprint density at radius 1 is 1.36 bits per heavy atom. The van der Waals surface area contributed by atoms with E-state index in [1.165, 1.54) is 19.3 Å². The lowest BCUT2D eigenvalue weighted by Gasteiger charge is -2.39. The third-order valence-electron chi connectivity index (χ3n) is 3.15. The lowest BCUT2D eigenvalue weighted by molar-refractivity contribution is 0.105. The summed E-state index contributed by atoms with van der Waals surface area (Å²) in [6.45, 7) is 7.49. The molecule has 2 heteroatoms. The second-order valence-electron chi connectivity index (χ2n) is 4.25. The molecular weight excluding hydrogens is 172 g/mol. The van der Waals surface area contributed by atoms with Crippen molar-refractivity contribution in [3.8, 4) is 12.3 Å². The fourth-order valence-corrected chi connectivity index (χ4v) is 2.28. The molecule has 14 heavy (non-hydrogen) atoms. The Balaban J connectivity index is 2.23. The number of nitrogens with one attached hydrogen (secondary N) is 1. The Labute approximate surface area is 88.1 Å². The van der Waals surface area contributed by atoms with Gasteiger partial charge in [0, 0.05) is 25.2 Å². The van der Waals surface area contributed by atoms with Crippen LogP contribution >= 0.6 is 0 Å². The third-order valence-corrected chi connectivity index (χ3v) is 3.15. The molecule has 0 radical (unpaired) electrons. The van der Waals surface area contributed by atoms with Gasteiger partial charge in [-0.15, -0.1) is 6.42 Å². The quantitative estimate of drug-likeness (QED) is 0.538. The van der Waals surface area contributed by atoms with E-state index >= 15 is 0 Å². The molecule has 0 amide bonds. The van der Waals surface area contributed by atoms with Crippen molar-refractivity contribution in [3.63, 3.8) is 0 Å². The van der Waals surface area contributed by atoms with Gasteiger partial charge in [0.25, 0.3) is 0 Å². The topological polar surface area (TPSA) is 15.3 Å². The summed E-state index contributed by atoms with van der Waals surface area (Å²) < 4.78 is 0. The first-order valence-electron chi connectivity index (χ1n) is 5.65. The van der Waals surface area contributed by atoms with E-state index in [1.54, 1.807) is 0 Å². The van der Waals surface area contributed by atoms with E-state index < -0.39 is 0 Å².